The van der Waals surface area contributed by atoms with Gasteiger partial charge in [0.25, 0.3) is 23.6 Å². The number of hydrogen-bond donors (Lipinski definition) is 5. The molecule has 0 atom stereocenters. The van der Waals surface area contributed by atoms with E-state index in [0.717, 1.165) is 66.4 Å². The second-order valence-corrected chi connectivity index (χ2v) is 37.4. The van der Waals surface area contributed by atoms with Crippen LogP contribution < -0.4 is 44.2 Å². The molecular formula is C86H68Cl2N12O13S5. The van der Waals surface area contributed by atoms with Crippen LogP contribution in [0.3, 0.4) is 0 Å². The quantitative estimate of drug-likeness (QED) is 0.0595. The van der Waals surface area contributed by atoms with E-state index in [4.69, 9.17) is 38.3 Å². The number of furan rings is 1. The van der Waals surface area contributed by atoms with Crippen molar-refractivity contribution in [1.29, 1.82) is 0 Å². The van der Waals surface area contributed by atoms with Crippen LogP contribution in [0, 0.1) is 0 Å². The fourth-order valence-corrected chi connectivity index (χ4v) is 19.4. The van der Waals surface area contributed by atoms with E-state index in [1.165, 1.54) is 17.2 Å². The van der Waals surface area contributed by atoms with Crippen molar-refractivity contribution in [2.75, 3.05) is 93.4 Å². The third-order valence-corrected chi connectivity index (χ3v) is 28.8. The first-order valence-electron chi connectivity index (χ1n) is 36.8. The highest BCUT2D eigenvalue weighted by Gasteiger charge is 2.36. The van der Waals surface area contributed by atoms with Crippen LogP contribution in [0.2, 0.25) is 10.0 Å². The van der Waals surface area contributed by atoms with Gasteiger partial charge in [-0.2, -0.15) is 0 Å². The fourth-order valence-electron chi connectivity index (χ4n) is 13.7. The molecule has 25 nitrogen and oxygen atoms in total. The minimum Gasteiger partial charge on any atom is -0.464 e. The number of rotatable bonds is 15. The molecule has 4 aliphatic heterocycles. The lowest BCUT2D eigenvalue weighted by atomic mass is 10.1. The minimum atomic E-state index is -3.20. The van der Waals surface area contributed by atoms with E-state index in [-0.39, 0.29) is 46.6 Å². The van der Waals surface area contributed by atoms with Crippen molar-refractivity contribution in [3.8, 4) is 33.8 Å². The van der Waals surface area contributed by atoms with Crippen molar-refractivity contribution in [3.05, 3.63) is 304 Å². The van der Waals surface area contributed by atoms with E-state index in [2.05, 4.69) is 43.4 Å². The first-order valence-corrected chi connectivity index (χ1v) is 44.8. The van der Waals surface area contributed by atoms with Gasteiger partial charge in [-0.05, 0) is 204 Å². The second-order valence-electron chi connectivity index (χ2n) is 27.6. The summed E-state index contributed by atoms with van der Waals surface area (Å²) >= 11 is 14.4. The summed E-state index contributed by atoms with van der Waals surface area (Å²) in [5.74, 6) is -0.498. The van der Waals surface area contributed by atoms with Gasteiger partial charge in [0.05, 0.1) is 89.5 Å². The Morgan fingerprint density at radius 2 is 0.907 bits per heavy atom. The molecule has 6 N–H and O–H groups in total. The largest absolute Gasteiger partial charge is 0.464 e. The van der Waals surface area contributed by atoms with Crippen molar-refractivity contribution in [2.24, 2.45) is 0 Å². The molecule has 0 bridgehead atoms. The molecule has 0 unspecified atom stereocenters. The van der Waals surface area contributed by atoms with E-state index < -0.39 is 40.1 Å². The molecule has 0 spiro atoms. The van der Waals surface area contributed by atoms with Crippen LogP contribution in [0.25, 0.3) is 71.7 Å². The number of anilines is 9. The van der Waals surface area contributed by atoms with E-state index >= 15 is 0 Å². The number of thiophene rings is 1. The van der Waals surface area contributed by atoms with Crippen LogP contribution in [-0.4, -0.2) is 121 Å². The average molecular weight is 1710 g/mol. The van der Waals surface area contributed by atoms with Crippen molar-refractivity contribution in [2.45, 2.75) is 6.42 Å². The number of nitrogens with zero attached hydrogens (tertiary/aromatic N) is 7. The SMILES string of the molecule is Nc1cccc2c(NC(=O)c3ccc(N4CCS4(=O)=O)cc3)cccc12.O=C(Nc1ccc(Cl)c(-c2ccc3c(n2)CC=C3)c1)c1ccc(N2CCS2(=O)=O)cc1.O=C(Nc1ccc(Cl)c(-c2nccc3occc23)c1)c1ccc(N2CCS2(=O)=O)cc1.O=C(Nc1cccc(-c2nccc3ccsc23)c1)c1ccc(N2CCS2(=O)=O)cc1. The molecule has 9 aromatic carbocycles. The van der Waals surface area contributed by atoms with Gasteiger partial charge in [0.2, 0.25) is 40.1 Å². The molecule has 118 heavy (non-hydrogen) atoms. The molecule has 4 fully saturated rings. The predicted octanol–water partition coefficient (Wildman–Crippen LogP) is 16.1. The summed E-state index contributed by atoms with van der Waals surface area (Å²) in [4.78, 5) is 64.3. The maximum absolute atomic E-state index is 12.7. The number of fused-ring (bicyclic) bond motifs is 4. The topological polar surface area (TPSA) is 344 Å². The Labute approximate surface area is 692 Å². The summed E-state index contributed by atoms with van der Waals surface area (Å²) in [7, 11) is -12.7. The third-order valence-electron chi connectivity index (χ3n) is 20.2. The van der Waals surface area contributed by atoms with Gasteiger partial charge in [-0.25, -0.2) is 33.7 Å². The Kier molecular flexibility index (Phi) is 21.9. The molecule has 19 rings (SSSR count). The number of hydrogen-bond acceptors (Lipinski definition) is 18. The molecule has 5 aromatic heterocycles. The number of nitrogen functional groups attached to an aromatic ring is 1. The fraction of sp³-hybridized carbons (Fsp3) is 0.105. The number of benzene rings is 9. The summed E-state index contributed by atoms with van der Waals surface area (Å²) in [6.45, 7) is 1.88. The number of halogens is 2. The lowest BCUT2D eigenvalue weighted by Crippen LogP contribution is -2.47. The molecule has 0 radical (unpaired) electrons. The van der Waals surface area contributed by atoms with Crippen LogP contribution in [0.1, 0.15) is 52.7 Å². The van der Waals surface area contributed by atoms with Gasteiger partial charge in [0.15, 0.2) is 0 Å². The van der Waals surface area contributed by atoms with Crippen LogP contribution >= 0.6 is 34.5 Å². The lowest BCUT2D eigenvalue weighted by Gasteiger charge is -2.32. The van der Waals surface area contributed by atoms with E-state index in [1.807, 2.05) is 96.4 Å². The molecular weight excluding hydrogens is 1640 g/mol. The molecule has 4 amide bonds. The monoisotopic (exact) mass is 1710 g/mol. The number of amides is 4. The maximum Gasteiger partial charge on any atom is 0.255 e. The molecule has 4 saturated heterocycles. The lowest BCUT2D eigenvalue weighted by molar-refractivity contribution is 0.101. The number of allylic oxidation sites excluding steroid dienone is 1. The Hall–Kier alpha value is -12.8. The van der Waals surface area contributed by atoms with Gasteiger partial charge in [-0.3, -0.25) is 51.4 Å². The highest BCUT2D eigenvalue weighted by Crippen LogP contribution is 2.39. The first-order chi connectivity index (χ1) is 56.8. The summed E-state index contributed by atoms with van der Waals surface area (Å²) in [5, 5.41) is 18.3. The summed E-state index contributed by atoms with van der Waals surface area (Å²) in [6.07, 6.45) is 9.93. The van der Waals surface area contributed by atoms with Crippen molar-refractivity contribution in [3.63, 3.8) is 0 Å². The first kappa shape index (κ1) is 79.0. The standard InChI is InChI=1S/C23H18ClN3O3S.C22H16ClN3O4S.C22H17N3O3S2.C19H17N3O3S/c24-20-10-7-17(14-19(20)22-11-6-15-2-1-3-21(15)26-22)25-23(28)16-4-8-18(9-5-16)27-12-13-31(27,29)30;23-19-6-3-15(13-18(19)21-17-8-11-30-20(17)7-9-24-21)25-22(27)14-1-4-16(5-2-14)26-10-12-31(26,28)29;26-22(16-4-6-19(7-5-16)25-11-13-30(25,27)28)24-18-3-1-2-17(14-18)20-21-15(8-10-23-20)9-12-29-21;20-17-5-1-4-16-15(17)3-2-6-18(16)21-19(23)13-7-9-14(10-8-13)22-11-12-26(22,24)25/h1-2,4-11,14H,3,12-13H2,(H,25,28);1-9,11,13H,10,12H2,(H,25,27);1-10,12,14H,11,13H2,(H,24,26);1-10H,11-12,20H2,(H,21,23). The molecule has 0 saturated carbocycles. The summed E-state index contributed by atoms with van der Waals surface area (Å²) in [6, 6.07) is 66.8. The van der Waals surface area contributed by atoms with Crippen molar-refractivity contribution < 1.29 is 57.3 Å². The maximum atomic E-state index is 12.7. The zero-order valence-electron chi connectivity index (χ0n) is 62.1. The molecule has 9 heterocycles. The van der Waals surface area contributed by atoms with Gasteiger partial charge in [-0.15, -0.1) is 11.3 Å². The molecule has 5 aliphatic rings. The van der Waals surface area contributed by atoms with Crippen LogP contribution in [0.15, 0.2) is 265 Å². The highest BCUT2D eigenvalue weighted by atomic mass is 35.5. The predicted molar refractivity (Wildman–Crippen MR) is 467 cm³/mol. The normalized spacial score (nSPS) is 15.3. The number of carbonyl (C=O) groups is 4. The van der Waals surface area contributed by atoms with E-state index in [1.54, 1.807) is 170 Å². The van der Waals surface area contributed by atoms with Gasteiger partial charge >= 0.3 is 0 Å². The average Bonchev–Trinajstić information content (AvgIpc) is 0.848. The minimum absolute atomic E-state index is 0.148. The van der Waals surface area contributed by atoms with Gasteiger partial charge in [0.1, 0.15) is 5.58 Å². The Balaban J connectivity index is 0.000000118. The Morgan fingerprint density at radius 3 is 1.42 bits per heavy atom. The van der Waals surface area contributed by atoms with Crippen molar-refractivity contribution >= 4 is 187 Å². The van der Waals surface area contributed by atoms with Crippen LogP contribution in [0.5, 0.6) is 0 Å². The number of sulfonamides is 4. The van der Waals surface area contributed by atoms with E-state index in [0.29, 0.717) is 127 Å². The van der Waals surface area contributed by atoms with Crippen LogP contribution in [0.4, 0.5) is 51.2 Å². The molecule has 32 heteroatoms. The van der Waals surface area contributed by atoms with Crippen LogP contribution in [-0.2, 0) is 46.5 Å². The van der Waals surface area contributed by atoms with Crippen molar-refractivity contribution in [1.82, 2.24) is 15.0 Å². The molecule has 1 aliphatic carbocycles. The zero-order valence-corrected chi connectivity index (χ0v) is 67.7. The number of nitrogens with two attached hydrogens (primary N) is 1. The smallest absolute Gasteiger partial charge is 0.255 e. The molecule has 14 aromatic rings. The molecule has 594 valence electrons. The van der Waals surface area contributed by atoms with Gasteiger partial charge in [0, 0.05) is 129 Å². The highest BCUT2D eigenvalue weighted by molar-refractivity contribution is 7.95. The third kappa shape index (κ3) is 16.7. The summed E-state index contributed by atoms with van der Waals surface area (Å²) < 4.78 is 106. The summed E-state index contributed by atoms with van der Waals surface area (Å²) in [5.41, 5.74) is 20.6. The van der Waals surface area contributed by atoms with Gasteiger partial charge in [-0.1, -0.05) is 77.8 Å². The van der Waals surface area contributed by atoms with Gasteiger partial charge < -0.3 is 31.4 Å². The van der Waals surface area contributed by atoms with E-state index in [9.17, 15) is 52.8 Å². The number of nitrogens with one attached hydrogen (secondary N) is 4. The number of aromatic nitrogens is 3. The Bertz CT molecular complexity index is 6860. The number of pyridine rings is 3. The number of carbonyl (C=O) groups excluding carboxylic acids is 4. The zero-order chi connectivity index (χ0) is 82.2. The Morgan fingerprint density at radius 1 is 0.441 bits per heavy atom. The second kappa shape index (κ2) is 32.7.